The lowest BCUT2D eigenvalue weighted by molar-refractivity contribution is 0.0947. The van der Waals surface area contributed by atoms with Crippen molar-refractivity contribution >= 4 is 15.9 Å². The molecule has 1 amide bonds. The summed E-state index contributed by atoms with van der Waals surface area (Å²) in [5.74, 6) is -0.237. The Balaban J connectivity index is 1.83. The third kappa shape index (κ3) is 5.52. The molecule has 1 aliphatic rings. The van der Waals surface area contributed by atoms with Gasteiger partial charge in [-0.15, -0.1) is 0 Å². The summed E-state index contributed by atoms with van der Waals surface area (Å²) < 4.78 is 25.9. The number of benzene rings is 1. The van der Waals surface area contributed by atoms with E-state index in [0.29, 0.717) is 18.2 Å². The van der Waals surface area contributed by atoms with Crippen LogP contribution in [0.5, 0.6) is 0 Å². The van der Waals surface area contributed by atoms with Crippen molar-refractivity contribution < 1.29 is 13.2 Å². The topological polar surface area (TPSA) is 78.5 Å². The molecular weight excluding hydrogens is 338 g/mol. The maximum Gasteiger partial charge on any atom is 0.251 e. The van der Waals surface area contributed by atoms with E-state index < -0.39 is 10.0 Å². The van der Waals surface area contributed by atoms with Crippen LogP contribution in [0.1, 0.15) is 49.4 Å². The number of rotatable bonds is 8. The van der Waals surface area contributed by atoms with Crippen LogP contribution < -0.4 is 10.0 Å². The molecule has 2 rings (SSSR count). The van der Waals surface area contributed by atoms with Crippen molar-refractivity contribution in [2.45, 2.75) is 50.0 Å². The molecule has 0 radical (unpaired) electrons. The Kier molecular flexibility index (Phi) is 7.40. The molecule has 25 heavy (non-hydrogen) atoms. The zero-order chi connectivity index (χ0) is 18.3. The molecule has 1 aliphatic heterocycles. The smallest absolute Gasteiger partial charge is 0.251 e. The number of nitrogens with one attached hydrogen (secondary N) is 2. The molecule has 1 unspecified atom stereocenters. The van der Waals surface area contributed by atoms with Crippen LogP contribution >= 0.6 is 0 Å². The minimum Gasteiger partial charge on any atom is -0.352 e. The lowest BCUT2D eigenvalue weighted by Crippen LogP contribution is -2.40. The number of hydrogen-bond acceptors (Lipinski definition) is 4. The van der Waals surface area contributed by atoms with Gasteiger partial charge in [0.05, 0.1) is 4.90 Å². The molecule has 1 atom stereocenters. The van der Waals surface area contributed by atoms with E-state index in [-0.39, 0.29) is 10.8 Å². The van der Waals surface area contributed by atoms with Crippen molar-refractivity contribution in [2.75, 3.05) is 26.7 Å². The third-order valence-corrected chi connectivity index (χ3v) is 6.22. The maximum atomic E-state index is 12.2. The predicted molar refractivity (Wildman–Crippen MR) is 99.1 cm³/mol. The molecular formula is C18H29N3O3S. The van der Waals surface area contributed by atoms with Gasteiger partial charge in [-0.05, 0) is 57.5 Å². The number of carbonyl (C=O) groups is 1. The Hall–Kier alpha value is -1.44. The summed E-state index contributed by atoms with van der Waals surface area (Å²) in [6.07, 6.45) is 5.93. The molecule has 1 heterocycles. The van der Waals surface area contributed by atoms with Gasteiger partial charge < -0.3 is 10.2 Å². The van der Waals surface area contributed by atoms with Crippen molar-refractivity contribution in [3.05, 3.63) is 29.8 Å². The fraction of sp³-hybridized carbons (Fsp3) is 0.611. The number of nitrogens with zero attached hydrogens (tertiary/aromatic N) is 1. The highest BCUT2D eigenvalue weighted by atomic mass is 32.2. The molecule has 0 aliphatic carbocycles. The Morgan fingerprint density at radius 2 is 2.12 bits per heavy atom. The molecule has 0 bridgehead atoms. The molecule has 0 saturated carbocycles. The van der Waals surface area contributed by atoms with Gasteiger partial charge in [0.15, 0.2) is 0 Å². The Morgan fingerprint density at radius 1 is 1.32 bits per heavy atom. The van der Waals surface area contributed by atoms with Crippen LogP contribution in [-0.2, 0) is 10.0 Å². The van der Waals surface area contributed by atoms with Crippen molar-refractivity contribution in [1.29, 1.82) is 0 Å². The molecule has 0 aromatic heterocycles. The molecule has 1 saturated heterocycles. The SMILES string of the molecule is CCC1CCCCN1CCCNC(=O)c1cccc(S(=O)(=O)NC)c1. The van der Waals surface area contributed by atoms with Crippen molar-refractivity contribution in [2.24, 2.45) is 0 Å². The van der Waals surface area contributed by atoms with Crippen LogP contribution in [0.15, 0.2) is 29.2 Å². The zero-order valence-corrected chi connectivity index (χ0v) is 15.9. The van der Waals surface area contributed by atoms with Gasteiger partial charge in [-0.3, -0.25) is 4.79 Å². The summed E-state index contributed by atoms with van der Waals surface area (Å²) >= 11 is 0. The van der Waals surface area contributed by atoms with Crippen LogP contribution in [0.2, 0.25) is 0 Å². The second kappa shape index (κ2) is 9.31. The molecule has 1 aromatic rings. The van der Waals surface area contributed by atoms with Crippen LogP contribution in [0.25, 0.3) is 0 Å². The summed E-state index contributed by atoms with van der Waals surface area (Å²) in [6, 6.07) is 6.76. The average Bonchev–Trinajstić information content (AvgIpc) is 2.65. The molecule has 1 fully saturated rings. The fourth-order valence-corrected chi connectivity index (χ4v) is 4.10. The van der Waals surface area contributed by atoms with Gasteiger partial charge in [-0.25, -0.2) is 13.1 Å². The fourth-order valence-electron chi connectivity index (χ4n) is 3.33. The number of hydrogen-bond donors (Lipinski definition) is 2. The van der Waals surface area contributed by atoms with Gasteiger partial charge in [-0.2, -0.15) is 0 Å². The second-order valence-electron chi connectivity index (χ2n) is 6.44. The van der Waals surface area contributed by atoms with E-state index in [0.717, 1.165) is 19.5 Å². The number of amides is 1. The van der Waals surface area contributed by atoms with Crippen molar-refractivity contribution in [3.63, 3.8) is 0 Å². The quantitative estimate of drug-likeness (QED) is 0.689. The van der Waals surface area contributed by atoms with Gasteiger partial charge in [0.2, 0.25) is 10.0 Å². The van der Waals surface area contributed by atoms with Crippen molar-refractivity contribution in [1.82, 2.24) is 14.9 Å². The summed E-state index contributed by atoms with van der Waals surface area (Å²) in [7, 11) is -2.19. The molecule has 2 N–H and O–H groups in total. The molecule has 0 spiro atoms. The Morgan fingerprint density at radius 3 is 2.84 bits per heavy atom. The number of likely N-dealkylation sites (tertiary alicyclic amines) is 1. The summed E-state index contributed by atoms with van der Waals surface area (Å²) in [5.41, 5.74) is 0.362. The summed E-state index contributed by atoms with van der Waals surface area (Å²) in [6.45, 7) is 4.97. The standard InChI is InChI=1S/C18H29N3O3S/c1-3-16-9-4-5-12-21(16)13-7-11-20-18(22)15-8-6-10-17(14-15)25(23,24)19-2/h6,8,10,14,16,19H,3-5,7,9,11-13H2,1-2H3,(H,20,22). The highest BCUT2D eigenvalue weighted by molar-refractivity contribution is 7.89. The average molecular weight is 368 g/mol. The lowest BCUT2D eigenvalue weighted by Gasteiger charge is -2.35. The summed E-state index contributed by atoms with van der Waals surface area (Å²) in [4.78, 5) is 14.9. The molecule has 7 heteroatoms. The first kappa shape index (κ1) is 19.9. The van der Waals surface area contributed by atoms with Gasteiger partial charge in [-0.1, -0.05) is 19.4 Å². The number of sulfonamides is 1. The second-order valence-corrected chi connectivity index (χ2v) is 8.33. The third-order valence-electron chi connectivity index (χ3n) is 4.80. The van der Waals surface area contributed by atoms with Crippen molar-refractivity contribution in [3.8, 4) is 0 Å². The van der Waals surface area contributed by atoms with Crippen LogP contribution in [-0.4, -0.2) is 51.9 Å². The lowest BCUT2D eigenvalue weighted by atomic mass is 10.00. The van der Waals surface area contributed by atoms with Gasteiger partial charge in [0, 0.05) is 24.7 Å². The minimum absolute atomic E-state index is 0.0988. The van der Waals surface area contributed by atoms with E-state index >= 15 is 0 Å². The Labute approximate surface area is 151 Å². The molecule has 140 valence electrons. The minimum atomic E-state index is -3.54. The first-order valence-corrected chi connectivity index (χ1v) is 10.5. The largest absolute Gasteiger partial charge is 0.352 e. The number of carbonyl (C=O) groups excluding carboxylic acids is 1. The maximum absolute atomic E-state index is 12.2. The monoisotopic (exact) mass is 367 g/mol. The van der Waals surface area contributed by atoms with E-state index in [9.17, 15) is 13.2 Å². The molecule has 1 aromatic carbocycles. The molecule has 6 nitrogen and oxygen atoms in total. The normalized spacial score (nSPS) is 18.9. The first-order chi connectivity index (χ1) is 12.0. The predicted octanol–water partition coefficient (Wildman–Crippen LogP) is 1.98. The highest BCUT2D eigenvalue weighted by Crippen LogP contribution is 2.19. The van der Waals surface area contributed by atoms with Gasteiger partial charge in [0.25, 0.3) is 5.91 Å². The van der Waals surface area contributed by atoms with E-state index in [2.05, 4.69) is 21.9 Å². The van der Waals surface area contributed by atoms with E-state index in [1.165, 1.54) is 44.9 Å². The number of piperidine rings is 1. The van der Waals surface area contributed by atoms with Crippen LogP contribution in [0.4, 0.5) is 0 Å². The van der Waals surface area contributed by atoms with Crippen LogP contribution in [0.3, 0.4) is 0 Å². The first-order valence-electron chi connectivity index (χ1n) is 9.03. The highest BCUT2D eigenvalue weighted by Gasteiger charge is 2.20. The van der Waals surface area contributed by atoms with E-state index in [1.807, 2.05) is 0 Å². The zero-order valence-electron chi connectivity index (χ0n) is 15.1. The Bertz CT molecular complexity index is 676. The van der Waals surface area contributed by atoms with E-state index in [1.54, 1.807) is 12.1 Å². The van der Waals surface area contributed by atoms with E-state index in [4.69, 9.17) is 0 Å². The van der Waals surface area contributed by atoms with Crippen LogP contribution in [0, 0.1) is 0 Å². The van der Waals surface area contributed by atoms with Gasteiger partial charge >= 0.3 is 0 Å². The summed E-state index contributed by atoms with van der Waals surface area (Å²) in [5, 5.41) is 2.89. The van der Waals surface area contributed by atoms with Gasteiger partial charge in [0.1, 0.15) is 0 Å².